The summed E-state index contributed by atoms with van der Waals surface area (Å²) in [6.45, 7) is 0.124. The standard InChI is InChI=1S/C15H14N4O2S/c20-11(13-8-10-4-1-2-5-12(10)22-13)9-16-15(21)18-14-6-3-7-17-19-14/h1-8,11,20H,9H2,(H2,16,18,19,21). The summed E-state index contributed by atoms with van der Waals surface area (Å²) in [4.78, 5) is 12.5. The topological polar surface area (TPSA) is 87.1 Å². The zero-order chi connectivity index (χ0) is 15.4. The zero-order valence-corrected chi connectivity index (χ0v) is 12.4. The van der Waals surface area contributed by atoms with Crippen molar-refractivity contribution in [1.29, 1.82) is 0 Å². The summed E-state index contributed by atoms with van der Waals surface area (Å²) in [5.74, 6) is 0.358. The number of carbonyl (C=O) groups is 1. The van der Waals surface area contributed by atoms with Crippen LogP contribution >= 0.6 is 11.3 Å². The number of urea groups is 1. The van der Waals surface area contributed by atoms with Crippen LogP contribution in [0.4, 0.5) is 10.6 Å². The second-order valence-electron chi connectivity index (χ2n) is 4.65. The lowest BCUT2D eigenvalue weighted by Gasteiger charge is -2.10. The van der Waals surface area contributed by atoms with Gasteiger partial charge >= 0.3 is 6.03 Å². The highest BCUT2D eigenvalue weighted by molar-refractivity contribution is 7.19. The lowest BCUT2D eigenvalue weighted by atomic mass is 10.2. The van der Waals surface area contributed by atoms with Crippen LogP contribution in [0.2, 0.25) is 0 Å². The average Bonchev–Trinajstić information content (AvgIpc) is 2.98. The molecule has 0 saturated heterocycles. The van der Waals surface area contributed by atoms with Gasteiger partial charge in [0.1, 0.15) is 6.10 Å². The Labute approximate surface area is 130 Å². The third kappa shape index (κ3) is 3.38. The van der Waals surface area contributed by atoms with Crippen LogP contribution in [0.25, 0.3) is 10.1 Å². The fraction of sp³-hybridized carbons (Fsp3) is 0.133. The molecule has 6 nitrogen and oxygen atoms in total. The Kier molecular flexibility index (Phi) is 4.27. The van der Waals surface area contributed by atoms with E-state index < -0.39 is 12.1 Å². The van der Waals surface area contributed by atoms with E-state index in [4.69, 9.17) is 0 Å². The van der Waals surface area contributed by atoms with Gasteiger partial charge in [0.2, 0.25) is 0 Å². The molecule has 0 aliphatic heterocycles. The van der Waals surface area contributed by atoms with Crippen molar-refractivity contribution in [2.24, 2.45) is 0 Å². The Morgan fingerprint density at radius 2 is 2.14 bits per heavy atom. The molecule has 0 radical (unpaired) electrons. The van der Waals surface area contributed by atoms with Crippen LogP contribution in [0.1, 0.15) is 11.0 Å². The molecule has 0 saturated carbocycles. The molecule has 2 amide bonds. The monoisotopic (exact) mass is 314 g/mol. The van der Waals surface area contributed by atoms with Gasteiger partial charge in [0, 0.05) is 15.8 Å². The number of aromatic nitrogens is 2. The van der Waals surface area contributed by atoms with Crippen molar-refractivity contribution in [3.05, 3.63) is 53.5 Å². The normalized spacial score (nSPS) is 12.0. The Bertz CT molecular complexity index is 742. The number of benzene rings is 1. The third-order valence-electron chi connectivity index (χ3n) is 3.04. The first-order chi connectivity index (χ1) is 10.7. The molecule has 0 aliphatic rings. The highest BCUT2D eigenvalue weighted by Gasteiger charge is 2.13. The van der Waals surface area contributed by atoms with Gasteiger partial charge < -0.3 is 10.4 Å². The number of fused-ring (bicyclic) bond motifs is 1. The van der Waals surface area contributed by atoms with E-state index in [0.717, 1.165) is 15.0 Å². The highest BCUT2D eigenvalue weighted by atomic mass is 32.1. The minimum atomic E-state index is -0.745. The maximum absolute atomic E-state index is 11.7. The van der Waals surface area contributed by atoms with Crippen molar-refractivity contribution < 1.29 is 9.90 Å². The van der Waals surface area contributed by atoms with Crippen LogP contribution in [0.15, 0.2) is 48.7 Å². The summed E-state index contributed by atoms with van der Waals surface area (Å²) in [7, 11) is 0. The molecule has 22 heavy (non-hydrogen) atoms. The molecule has 3 rings (SSSR count). The molecule has 1 unspecified atom stereocenters. The Hall–Kier alpha value is -2.51. The van der Waals surface area contributed by atoms with Crippen molar-refractivity contribution in [3.8, 4) is 0 Å². The maximum Gasteiger partial charge on any atom is 0.320 e. The summed E-state index contributed by atoms with van der Waals surface area (Å²) in [5.41, 5.74) is 0. The van der Waals surface area contributed by atoms with Gasteiger partial charge in [-0.15, -0.1) is 16.4 Å². The van der Waals surface area contributed by atoms with Gasteiger partial charge in [0.05, 0.1) is 6.54 Å². The van der Waals surface area contributed by atoms with Gasteiger partial charge in [-0.2, -0.15) is 5.10 Å². The van der Waals surface area contributed by atoms with E-state index in [1.54, 1.807) is 12.1 Å². The number of aliphatic hydroxyl groups is 1. The van der Waals surface area contributed by atoms with Crippen molar-refractivity contribution in [3.63, 3.8) is 0 Å². The van der Waals surface area contributed by atoms with Gasteiger partial charge in [-0.25, -0.2) is 4.79 Å². The number of anilines is 1. The summed E-state index contributed by atoms with van der Waals surface area (Å²) >= 11 is 1.52. The number of aliphatic hydroxyl groups excluding tert-OH is 1. The van der Waals surface area contributed by atoms with Crippen LogP contribution in [0.3, 0.4) is 0 Å². The molecule has 0 aliphatic carbocycles. The van der Waals surface area contributed by atoms with E-state index in [-0.39, 0.29) is 6.54 Å². The van der Waals surface area contributed by atoms with E-state index in [1.165, 1.54) is 17.5 Å². The number of rotatable bonds is 4. The van der Waals surface area contributed by atoms with Crippen molar-refractivity contribution in [2.45, 2.75) is 6.10 Å². The molecule has 1 atom stereocenters. The predicted molar refractivity (Wildman–Crippen MR) is 85.8 cm³/mol. The van der Waals surface area contributed by atoms with Crippen LogP contribution in [-0.2, 0) is 0 Å². The van der Waals surface area contributed by atoms with E-state index in [0.29, 0.717) is 5.82 Å². The quantitative estimate of drug-likeness (QED) is 0.690. The molecule has 0 fully saturated rings. The lowest BCUT2D eigenvalue weighted by molar-refractivity contribution is 0.178. The first-order valence-electron chi connectivity index (χ1n) is 6.71. The van der Waals surface area contributed by atoms with Gasteiger partial charge in [0.15, 0.2) is 5.82 Å². The molecule has 2 aromatic heterocycles. The van der Waals surface area contributed by atoms with Gasteiger partial charge in [-0.05, 0) is 29.7 Å². The number of thiophene rings is 1. The smallest absolute Gasteiger partial charge is 0.320 e. The summed E-state index contributed by atoms with van der Waals surface area (Å²) in [6.07, 6.45) is 0.777. The highest BCUT2D eigenvalue weighted by Crippen LogP contribution is 2.29. The molecule has 2 heterocycles. The number of nitrogens with one attached hydrogen (secondary N) is 2. The summed E-state index contributed by atoms with van der Waals surface area (Å²) in [5, 5.41) is 23.8. The largest absolute Gasteiger partial charge is 0.386 e. The molecule has 112 valence electrons. The zero-order valence-electron chi connectivity index (χ0n) is 11.6. The van der Waals surface area contributed by atoms with Gasteiger partial charge in [-0.1, -0.05) is 18.2 Å². The van der Waals surface area contributed by atoms with Crippen LogP contribution in [0, 0.1) is 0 Å². The van der Waals surface area contributed by atoms with Gasteiger partial charge in [0.25, 0.3) is 0 Å². The average molecular weight is 314 g/mol. The SMILES string of the molecule is O=C(NCC(O)c1cc2ccccc2s1)Nc1cccnn1. The first-order valence-corrected chi connectivity index (χ1v) is 7.53. The molecule has 3 aromatic rings. The second kappa shape index (κ2) is 6.50. The fourth-order valence-corrected chi connectivity index (χ4v) is 3.04. The van der Waals surface area contributed by atoms with Crippen LogP contribution in [-0.4, -0.2) is 27.9 Å². The molecule has 0 bridgehead atoms. The van der Waals surface area contributed by atoms with Crippen molar-refractivity contribution in [1.82, 2.24) is 15.5 Å². The maximum atomic E-state index is 11.7. The van der Waals surface area contributed by atoms with E-state index >= 15 is 0 Å². The third-order valence-corrected chi connectivity index (χ3v) is 4.26. The number of hydrogen-bond donors (Lipinski definition) is 3. The lowest BCUT2D eigenvalue weighted by Crippen LogP contribution is -2.32. The number of carbonyl (C=O) groups excluding carboxylic acids is 1. The number of nitrogens with zero attached hydrogens (tertiary/aromatic N) is 2. The van der Waals surface area contributed by atoms with Crippen molar-refractivity contribution >= 4 is 33.3 Å². The minimum Gasteiger partial charge on any atom is -0.386 e. The minimum absolute atomic E-state index is 0.124. The molecule has 3 N–H and O–H groups in total. The molecular formula is C15H14N4O2S. The van der Waals surface area contributed by atoms with E-state index in [1.807, 2.05) is 30.3 Å². The van der Waals surface area contributed by atoms with E-state index in [2.05, 4.69) is 20.8 Å². The molecule has 7 heteroatoms. The summed E-state index contributed by atoms with van der Waals surface area (Å²) < 4.78 is 1.11. The Balaban J connectivity index is 1.57. The van der Waals surface area contributed by atoms with Gasteiger partial charge in [-0.3, -0.25) is 5.32 Å². The van der Waals surface area contributed by atoms with Crippen molar-refractivity contribution in [2.75, 3.05) is 11.9 Å². The first kappa shape index (κ1) is 14.4. The Morgan fingerprint density at radius 1 is 1.27 bits per heavy atom. The van der Waals surface area contributed by atoms with Crippen LogP contribution in [0.5, 0.6) is 0 Å². The molecule has 1 aromatic carbocycles. The Morgan fingerprint density at radius 3 is 2.91 bits per heavy atom. The molecular weight excluding hydrogens is 300 g/mol. The number of hydrogen-bond acceptors (Lipinski definition) is 5. The second-order valence-corrected chi connectivity index (χ2v) is 5.76. The molecule has 0 spiro atoms. The van der Waals surface area contributed by atoms with E-state index in [9.17, 15) is 9.90 Å². The summed E-state index contributed by atoms with van der Waals surface area (Å²) in [6, 6.07) is 12.7. The number of amides is 2. The fourth-order valence-electron chi connectivity index (χ4n) is 1.99. The predicted octanol–water partition coefficient (Wildman–Crippen LogP) is 2.55. The van der Waals surface area contributed by atoms with Crippen LogP contribution < -0.4 is 10.6 Å².